The van der Waals surface area contributed by atoms with Gasteiger partial charge in [0, 0.05) is 26.1 Å². The Hall–Kier alpha value is -3.43. The van der Waals surface area contributed by atoms with Crippen molar-refractivity contribution >= 4 is 12.0 Å². The molecule has 9 nitrogen and oxygen atoms in total. The van der Waals surface area contributed by atoms with Crippen molar-refractivity contribution in [2.75, 3.05) is 13.2 Å². The number of nitrogens with one attached hydrogen (secondary N) is 2. The van der Waals surface area contributed by atoms with E-state index in [4.69, 9.17) is 4.74 Å². The highest BCUT2D eigenvalue weighted by Crippen LogP contribution is 2.20. The van der Waals surface area contributed by atoms with Gasteiger partial charge in [0.1, 0.15) is 11.6 Å². The Bertz CT molecular complexity index is 1040. The number of hydrogen-bond donors (Lipinski definition) is 3. The van der Waals surface area contributed by atoms with Crippen LogP contribution in [0, 0.1) is 11.7 Å². The standard InChI is InChI=1S/C23H29FN4O5/c1-2-3-12-33-23(32)26-14-16-6-9-18-27-19(20(29)22(31)28(18)11-10-16)21(30)25-13-15-4-7-17(24)8-5-15/h4-5,7-8,16,29H,2-3,6,9-14H2,1H3,(H,25,30)(H,26,32). The highest BCUT2D eigenvalue weighted by atomic mass is 19.1. The molecule has 1 unspecified atom stereocenters. The molecule has 33 heavy (non-hydrogen) atoms. The van der Waals surface area contributed by atoms with Crippen molar-refractivity contribution in [2.24, 2.45) is 5.92 Å². The number of carbonyl (C=O) groups is 2. The number of unbranched alkanes of at least 4 members (excludes halogenated alkanes) is 1. The monoisotopic (exact) mass is 460 g/mol. The van der Waals surface area contributed by atoms with E-state index < -0.39 is 23.3 Å². The number of amides is 2. The van der Waals surface area contributed by atoms with Crippen molar-refractivity contribution in [1.82, 2.24) is 20.2 Å². The van der Waals surface area contributed by atoms with E-state index in [0.717, 1.165) is 12.8 Å². The molecule has 3 N–H and O–H groups in total. The molecule has 0 radical (unpaired) electrons. The highest BCUT2D eigenvalue weighted by molar-refractivity contribution is 5.94. The molecule has 3 rings (SSSR count). The van der Waals surface area contributed by atoms with E-state index in [2.05, 4.69) is 15.6 Å². The summed E-state index contributed by atoms with van der Waals surface area (Å²) in [6.07, 6.45) is 2.98. The third-order valence-corrected chi connectivity index (χ3v) is 5.61. The molecule has 0 fully saturated rings. The number of aromatic nitrogens is 2. The Morgan fingerprint density at radius 1 is 1.24 bits per heavy atom. The molecule has 1 aromatic heterocycles. The smallest absolute Gasteiger partial charge is 0.407 e. The summed E-state index contributed by atoms with van der Waals surface area (Å²) in [5.41, 5.74) is -0.330. The van der Waals surface area contributed by atoms with Crippen LogP contribution in [0.4, 0.5) is 9.18 Å². The summed E-state index contributed by atoms with van der Waals surface area (Å²) in [4.78, 5) is 41.3. The number of nitrogens with zero attached hydrogens (tertiary/aromatic N) is 2. The topological polar surface area (TPSA) is 123 Å². The van der Waals surface area contributed by atoms with Crippen LogP contribution >= 0.6 is 0 Å². The van der Waals surface area contributed by atoms with E-state index in [9.17, 15) is 23.9 Å². The highest BCUT2D eigenvalue weighted by Gasteiger charge is 2.24. The van der Waals surface area contributed by atoms with E-state index in [1.807, 2.05) is 6.92 Å². The molecular formula is C23H29FN4O5. The van der Waals surface area contributed by atoms with Gasteiger partial charge in [-0.05, 0) is 42.9 Å². The Kier molecular flexibility index (Phi) is 8.39. The number of rotatable bonds is 8. The van der Waals surface area contributed by atoms with Gasteiger partial charge in [0.2, 0.25) is 5.75 Å². The Morgan fingerprint density at radius 3 is 2.73 bits per heavy atom. The maximum absolute atomic E-state index is 13.0. The molecule has 2 aromatic rings. The second-order valence-corrected chi connectivity index (χ2v) is 8.05. The van der Waals surface area contributed by atoms with Crippen LogP contribution in [-0.2, 0) is 24.2 Å². The Labute approximate surface area is 191 Å². The van der Waals surface area contributed by atoms with Crippen LogP contribution in [-0.4, -0.2) is 39.8 Å². The number of halogens is 1. The number of benzene rings is 1. The van der Waals surface area contributed by atoms with E-state index >= 15 is 0 Å². The zero-order valence-electron chi connectivity index (χ0n) is 18.6. The molecule has 1 atom stereocenters. The second-order valence-electron chi connectivity index (χ2n) is 8.05. The van der Waals surface area contributed by atoms with Gasteiger partial charge in [-0.25, -0.2) is 14.2 Å². The largest absolute Gasteiger partial charge is 0.501 e. The lowest BCUT2D eigenvalue weighted by Gasteiger charge is -2.14. The average Bonchev–Trinajstić information content (AvgIpc) is 3.02. The summed E-state index contributed by atoms with van der Waals surface area (Å²) in [6, 6.07) is 5.62. The first-order valence-corrected chi connectivity index (χ1v) is 11.1. The van der Waals surface area contributed by atoms with Gasteiger partial charge in [-0.3, -0.25) is 14.2 Å². The van der Waals surface area contributed by atoms with Crippen LogP contribution < -0.4 is 16.2 Å². The minimum Gasteiger partial charge on any atom is -0.501 e. The summed E-state index contributed by atoms with van der Waals surface area (Å²) >= 11 is 0. The number of aromatic hydroxyl groups is 1. The van der Waals surface area contributed by atoms with E-state index in [1.54, 1.807) is 0 Å². The number of hydrogen-bond acceptors (Lipinski definition) is 6. The molecule has 178 valence electrons. The maximum Gasteiger partial charge on any atom is 0.407 e. The molecule has 1 aliphatic heterocycles. The molecule has 1 aliphatic rings. The van der Waals surface area contributed by atoms with Crippen LogP contribution in [0.25, 0.3) is 0 Å². The predicted octanol–water partition coefficient (Wildman–Crippen LogP) is 2.50. The maximum atomic E-state index is 13.0. The van der Waals surface area contributed by atoms with Crippen LogP contribution in [0.15, 0.2) is 29.1 Å². The molecule has 0 spiro atoms. The lowest BCUT2D eigenvalue weighted by atomic mass is 10.0. The second kappa shape index (κ2) is 11.4. The van der Waals surface area contributed by atoms with Crippen LogP contribution in [0.3, 0.4) is 0 Å². The van der Waals surface area contributed by atoms with Gasteiger partial charge in [0.25, 0.3) is 11.5 Å². The third kappa shape index (κ3) is 6.53. The number of alkyl carbamates (subject to hydrolysis) is 1. The van der Waals surface area contributed by atoms with Crippen molar-refractivity contribution in [2.45, 2.75) is 52.1 Å². The first-order valence-electron chi connectivity index (χ1n) is 11.1. The Morgan fingerprint density at radius 2 is 2.00 bits per heavy atom. The Balaban J connectivity index is 1.62. The van der Waals surface area contributed by atoms with Gasteiger partial charge in [0.05, 0.1) is 6.61 Å². The molecule has 2 heterocycles. The van der Waals surface area contributed by atoms with Crippen molar-refractivity contribution in [3.8, 4) is 5.75 Å². The number of carbonyl (C=O) groups excluding carboxylic acids is 2. The molecule has 0 bridgehead atoms. The number of ether oxygens (including phenoxy) is 1. The van der Waals surface area contributed by atoms with Gasteiger partial charge < -0.3 is 20.5 Å². The SMILES string of the molecule is CCCCOC(=O)NCC1CCc2nc(C(=O)NCc3ccc(F)cc3)c(O)c(=O)n2CC1. The van der Waals surface area contributed by atoms with E-state index in [1.165, 1.54) is 28.8 Å². The molecule has 1 aromatic carbocycles. The van der Waals surface area contributed by atoms with Crippen LogP contribution in [0.1, 0.15) is 54.5 Å². The molecular weight excluding hydrogens is 431 g/mol. The van der Waals surface area contributed by atoms with Gasteiger partial charge in [-0.2, -0.15) is 0 Å². The van der Waals surface area contributed by atoms with Crippen molar-refractivity contribution in [1.29, 1.82) is 0 Å². The third-order valence-electron chi connectivity index (χ3n) is 5.61. The first kappa shape index (κ1) is 24.2. The minimum atomic E-state index is -0.702. The fourth-order valence-electron chi connectivity index (χ4n) is 3.62. The predicted molar refractivity (Wildman–Crippen MR) is 118 cm³/mol. The van der Waals surface area contributed by atoms with Crippen molar-refractivity contribution in [3.05, 3.63) is 57.5 Å². The molecule has 2 amide bonds. The van der Waals surface area contributed by atoms with Gasteiger partial charge in [-0.1, -0.05) is 25.5 Å². The van der Waals surface area contributed by atoms with Crippen molar-refractivity contribution < 1.29 is 23.8 Å². The zero-order chi connectivity index (χ0) is 23.8. The fraction of sp³-hybridized carbons (Fsp3) is 0.478. The fourth-order valence-corrected chi connectivity index (χ4v) is 3.62. The normalized spacial score (nSPS) is 15.3. The quantitative estimate of drug-likeness (QED) is 0.520. The summed E-state index contributed by atoms with van der Waals surface area (Å²) in [5.74, 6) is -1.26. The molecule has 0 aliphatic carbocycles. The van der Waals surface area contributed by atoms with Crippen LogP contribution in [0.2, 0.25) is 0 Å². The van der Waals surface area contributed by atoms with E-state index in [-0.39, 0.29) is 24.0 Å². The van der Waals surface area contributed by atoms with Gasteiger partial charge in [-0.15, -0.1) is 0 Å². The van der Waals surface area contributed by atoms with Crippen LogP contribution in [0.5, 0.6) is 5.75 Å². The first-order chi connectivity index (χ1) is 15.9. The van der Waals surface area contributed by atoms with Gasteiger partial charge >= 0.3 is 6.09 Å². The molecule has 0 saturated heterocycles. The lowest BCUT2D eigenvalue weighted by Crippen LogP contribution is -2.31. The zero-order valence-corrected chi connectivity index (χ0v) is 18.6. The number of aryl methyl sites for hydroxylation is 1. The summed E-state index contributed by atoms with van der Waals surface area (Å²) < 4.78 is 19.5. The lowest BCUT2D eigenvalue weighted by molar-refractivity contribution is 0.0941. The summed E-state index contributed by atoms with van der Waals surface area (Å²) in [6.45, 7) is 3.22. The molecule has 0 saturated carbocycles. The minimum absolute atomic E-state index is 0.0980. The van der Waals surface area contributed by atoms with Crippen molar-refractivity contribution in [3.63, 3.8) is 0 Å². The summed E-state index contributed by atoms with van der Waals surface area (Å²) in [5, 5.41) is 15.7. The summed E-state index contributed by atoms with van der Waals surface area (Å²) in [7, 11) is 0. The number of fused-ring (bicyclic) bond motifs is 1. The average molecular weight is 461 g/mol. The van der Waals surface area contributed by atoms with E-state index in [0.29, 0.717) is 50.3 Å². The van der Waals surface area contributed by atoms with Gasteiger partial charge in [0.15, 0.2) is 5.69 Å². The molecule has 10 heteroatoms.